The van der Waals surface area contributed by atoms with E-state index >= 15 is 0 Å². The van der Waals surface area contributed by atoms with Crippen LogP contribution in [0.15, 0.2) is 0 Å². The van der Waals surface area contributed by atoms with E-state index in [1.54, 1.807) is 21.3 Å². The standard InChI is InChI=1S/C5H13GeO3/c1-5-6(7-2,8-3)9-4/h1,5H2,2-4H3. The summed E-state index contributed by atoms with van der Waals surface area (Å²) < 4.78 is 15.2. The van der Waals surface area contributed by atoms with Crippen LogP contribution in [0.3, 0.4) is 0 Å². The molecule has 0 heterocycles. The van der Waals surface area contributed by atoms with E-state index in [1.165, 1.54) is 0 Å². The van der Waals surface area contributed by atoms with Crippen LogP contribution in [0, 0.1) is 6.92 Å². The first-order chi connectivity index (χ1) is 4.24. The van der Waals surface area contributed by atoms with Crippen molar-refractivity contribution in [3.05, 3.63) is 6.92 Å². The number of hydrogen-bond acceptors (Lipinski definition) is 3. The predicted octanol–water partition coefficient (Wildman–Crippen LogP) is 0.699. The number of rotatable bonds is 4. The molecule has 0 amide bonds. The van der Waals surface area contributed by atoms with Crippen LogP contribution >= 0.6 is 0 Å². The Kier molecular flexibility index (Phi) is 4.47. The van der Waals surface area contributed by atoms with Crippen molar-refractivity contribution >= 4 is 14.3 Å². The van der Waals surface area contributed by atoms with E-state index in [-0.39, 0.29) is 0 Å². The van der Waals surface area contributed by atoms with Gasteiger partial charge in [0, 0.05) is 0 Å². The minimum absolute atomic E-state index is 0.615. The zero-order chi connectivity index (χ0) is 7.33. The van der Waals surface area contributed by atoms with Crippen LogP contribution < -0.4 is 0 Å². The molecule has 0 aliphatic heterocycles. The van der Waals surface area contributed by atoms with Crippen molar-refractivity contribution < 1.29 is 11.3 Å². The van der Waals surface area contributed by atoms with Crippen LogP contribution in [0.2, 0.25) is 5.25 Å². The second-order valence-corrected chi connectivity index (χ2v) is 8.03. The first-order valence-electron chi connectivity index (χ1n) is 2.69. The summed E-state index contributed by atoms with van der Waals surface area (Å²) in [7, 11) is 4.79. The van der Waals surface area contributed by atoms with Crippen molar-refractivity contribution in [2.75, 3.05) is 21.3 Å². The topological polar surface area (TPSA) is 27.7 Å². The van der Waals surface area contributed by atoms with Crippen LogP contribution in [-0.2, 0) is 11.3 Å². The zero-order valence-corrected chi connectivity index (χ0v) is 8.24. The first kappa shape index (κ1) is 9.42. The van der Waals surface area contributed by atoms with E-state index in [1.807, 2.05) is 0 Å². The van der Waals surface area contributed by atoms with Crippen LogP contribution in [-0.4, -0.2) is 35.6 Å². The maximum atomic E-state index is 5.07. The van der Waals surface area contributed by atoms with Gasteiger partial charge in [-0.05, 0) is 0 Å². The van der Waals surface area contributed by atoms with Crippen LogP contribution in [0.25, 0.3) is 0 Å². The summed E-state index contributed by atoms with van der Waals surface area (Å²) in [6.45, 7) is 3.68. The van der Waals surface area contributed by atoms with Gasteiger partial charge in [0.1, 0.15) is 0 Å². The summed E-state index contributed by atoms with van der Waals surface area (Å²) in [6.07, 6.45) is 0. The monoisotopic (exact) mass is 195 g/mol. The SMILES string of the molecule is [CH2][CH2][Ge]([O]C)([O]C)[O]C. The van der Waals surface area contributed by atoms with Crippen molar-refractivity contribution in [3.8, 4) is 0 Å². The van der Waals surface area contributed by atoms with Crippen molar-refractivity contribution in [2.45, 2.75) is 5.25 Å². The quantitative estimate of drug-likeness (QED) is 0.616. The third-order valence-electron chi connectivity index (χ3n) is 1.24. The zero-order valence-electron chi connectivity index (χ0n) is 6.14. The molecule has 55 valence electrons. The van der Waals surface area contributed by atoms with Gasteiger partial charge < -0.3 is 0 Å². The van der Waals surface area contributed by atoms with Gasteiger partial charge in [0.2, 0.25) is 0 Å². The fourth-order valence-corrected chi connectivity index (χ4v) is 2.89. The number of hydrogen-bond donors (Lipinski definition) is 0. The molecule has 0 aromatic carbocycles. The van der Waals surface area contributed by atoms with Crippen molar-refractivity contribution in [3.63, 3.8) is 0 Å². The summed E-state index contributed by atoms with van der Waals surface area (Å²) in [5.41, 5.74) is 0. The third-order valence-corrected chi connectivity index (χ3v) is 6.44. The van der Waals surface area contributed by atoms with Crippen molar-refractivity contribution in [1.29, 1.82) is 0 Å². The normalized spacial score (nSPS) is 12.0. The summed E-state index contributed by atoms with van der Waals surface area (Å²) in [5.74, 6) is 0. The molecule has 0 bridgehead atoms. The predicted molar refractivity (Wildman–Crippen MR) is 36.9 cm³/mol. The fourth-order valence-electron chi connectivity index (χ4n) is 0.556. The molecular weight excluding hydrogens is 181 g/mol. The van der Waals surface area contributed by atoms with Crippen LogP contribution in [0.1, 0.15) is 0 Å². The van der Waals surface area contributed by atoms with E-state index in [4.69, 9.17) is 11.3 Å². The van der Waals surface area contributed by atoms with Crippen LogP contribution in [0.4, 0.5) is 0 Å². The van der Waals surface area contributed by atoms with Gasteiger partial charge >= 0.3 is 59.1 Å². The van der Waals surface area contributed by atoms with E-state index < -0.39 is 14.3 Å². The second kappa shape index (κ2) is 4.27. The molecule has 0 atom stereocenters. The molecule has 1 radical (unpaired) electrons. The van der Waals surface area contributed by atoms with Gasteiger partial charge in [0.25, 0.3) is 0 Å². The van der Waals surface area contributed by atoms with Gasteiger partial charge in [-0.2, -0.15) is 0 Å². The molecule has 0 aromatic rings. The summed E-state index contributed by atoms with van der Waals surface area (Å²) in [6, 6.07) is 0. The molecule has 0 unspecified atom stereocenters. The molecular formula is C5H13GeO3. The van der Waals surface area contributed by atoms with Gasteiger partial charge in [0.15, 0.2) is 0 Å². The molecule has 3 nitrogen and oxygen atoms in total. The molecule has 9 heavy (non-hydrogen) atoms. The average Bonchev–Trinajstić information content (AvgIpc) is 1.95. The van der Waals surface area contributed by atoms with E-state index in [2.05, 4.69) is 6.92 Å². The molecule has 4 heteroatoms. The molecule has 0 aromatic heterocycles. The van der Waals surface area contributed by atoms with Gasteiger partial charge in [0.05, 0.1) is 0 Å². The van der Waals surface area contributed by atoms with E-state index in [0.29, 0.717) is 5.25 Å². The Morgan fingerprint density at radius 3 is 1.44 bits per heavy atom. The Bertz CT molecular complexity index is 55.1. The molecule has 0 aliphatic rings. The molecule has 0 rings (SSSR count). The average molecular weight is 194 g/mol. The Morgan fingerprint density at radius 2 is 1.44 bits per heavy atom. The molecule has 0 spiro atoms. The Hall–Kier alpha value is 0.423. The Morgan fingerprint density at radius 1 is 1.11 bits per heavy atom. The summed E-state index contributed by atoms with van der Waals surface area (Å²) in [5, 5.41) is 0.615. The van der Waals surface area contributed by atoms with Crippen molar-refractivity contribution in [2.24, 2.45) is 0 Å². The van der Waals surface area contributed by atoms with E-state index in [9.17, 15) is 0 Å². The Balaban J connectivity index is 3.82. The van der Waals surface area contributed by atoms with Crippen LogP contribution in [0.5, 0.6) is 0 Å². The summed E-state index contributed by atoms with van der Waals surface area (Å²) >= 11 is -2.78. The summed E-state index contributed by atoms with van der Waals surface area (Å²) in [4.78, 5) is 0. The molecule has 0 aliphatic carbocycles. The molecule has 0 N–H and O–H groups in total. The fraction of sp³-hybridized carbons (Fsp3) is 0.800. The van der Waals surface area contributed by atoms with Gasteiger partial charge in [-0.15, -0.1) is 0 Å². The van der Waals surface area contributed by atoms with Gasteiger partial charge in [-0.25, -0.2) is 0 Å². The van der Waals surface area contributed by atoms with Crippen molar-refractivity contribution in [1.82, 2.24) is 0 Å². The van der Waals surface area contributed by atoms with E-state index in [0.717, 1.165) is 0 Å². The molecule has 0 fully saturated rings. The van der Waals surface area contributed by atoms with Gasteiger partial charge in [-0.3, -0.25) is 0 Å². The first-order valence-corrected chi connectivity index (χ1v) is 6.74. The Labute approximate surface area is 59.7 Å². The second-order valence-electron chi connectivity index (χ2n) is 1.55. The minimum atomic E-state index is -2.78. The molecule has 0 saturated heterocycles. The maximum absolute atomic E-state index is 5.07. The molecule has 0 saturated carbocycles. The van der Waals surface area contributed by atoms with Gasteiger partial charge in [-0.1, -0.05) is 0 Å². The third kappa shape index (κ3) is 2.25.